The lowest BCUT2D eigenvalue weighted by Gasteiger charge is -2.25. The van der Waals surface area contributed by atoms with E-state index in [1.54, 1.807) is 13.2 Å². The SMILES string of the molecule is CCN(c1c(CC(F)OSC)cccc1C(=O)O)S(C)(=O)=O. The van der Waals surface area contributed by atoms with Gasteiger partial charge in [0.1, 0.15) is 0 Å². The van der Waals surface area contributed by atoms with E-state index >= 15 is 0 Å². The van der Waals surface area contributed by atoms with E-state index in [4.69, 9.17) is 4.18 Å². The van der Waals surface area contributed by atoms with E-state index in [2.05, 4.69) is 0 Å². The van der Waals surface area contributed by atoms with Crippen LogP contribution in [0.25, 0.3) is 0 Å². The number of carboxylic acid groups (broad SMARTS) is 1. The molecule has 0 bridgehead atoms. The fraction of sp³-hybridized carbons (Fsp3) is 0.462. The van der Waals surface area contributed by atoms with Crippen LogP contribution >= 0.6 is 12.0 Å². The second kappa shape index (κ2) is 7.80. The smallest absolute Gasteiger partial charge is 0.337 e. The van der Waals surface area contributed by atoms with E-state index in [0.29, 0.717) is 0 Å². The van der Waals surface area contributed by atoms with Gasteiger partial charge in [0.15, 0.2) is 0 Å². The Hall–Kier alpha value is -1.32. The highest BCUT2D eigenvalue weighted by atomic mass is 32.2. The second-order valence-corrected chi connectivity index (χ2v) is 6.86. The third-order valence-corrected chi connectivity index (χ3v) is 4.51. The number of sulfonamides is 1. The first-order valence-electron chi connectivity index (χ1n) is 6.38. The first-order chi connectivity index (χ1) is 10.2. The van der Waals surface area contributed by atoms with Crippen LogP contribution in [-0.2, 0) is 20.6 Å². The summed E-state index contributed by atoms with van der Waals surface area (Å²) < 4.78 is 43.2. The molecule has 0 amide bonds. The van der Waals surface area contributed by atoms with Gasteiger partial charge in [0.2, 0.25) is 16.4 Å². The molecule has 9 heteroatoms. The minimum atomic E-state index is -3.69. The van der Waals surface area contributed by atoms with Gasteiger partial charge in [-0.3, -0.25) is 8.49 Å². The molecule has 0 aromatic heterocycles. The zero-order valence-corrected chi connectivity index (χ0v) is 14.1. The van der Waals surface area contributed by atoms with E-state index in [1.807, 2.05) is 0 Å². The van der Waals surface area contributed by atoms with Gasteiger partial charge in [-0.15, -0.1) is 0 Å². The number of benzene rings is 1. The number of anilines is 1. The Morgan fingerprint density at radius 1 is 1.50 bits per heavy atom. The zero-order chi connectivity index (χ0) is 16.9. The summed E-state index contributed by atoms with van der Waals surface area (Å²) in [7, 11) is -3.69. The first-order valence-corrected chi connectivity index (χ1v) is 9.38. The van der Waals surface area contributed by atoms with Crippen molar-refractivity contribution >= 4 is 33.7 Å². The second-order valence-electron chi connectivity index (χ2n) is 4.42. The molecule has 1 rings (SSSR count). The lowest BCUT2D eigenvalue weighted by molar-refractivity contribution is 0.0696. The Labute approximate surface area is 133 Å². The molecule has 0 spiro atoms. The molecular formula is C13H18FNO5S2. The van der Waals surface area contributed by atoms with Crippen molar-refractivity contribution in [3.8, 4) is 0 Å². The third-order valence-electron chi connectivity index (χ3n) is 2.87. The van der Waals surface area contributed by atoms with Crippen molar-refractivity contribution in [2.75, 3.05) is 23.4 Å². The van der Waals surface area contributed by atoms with Crippen molar-refractivity contribution in [1.29, 1.82) is 0 Å². The first kappa shape index (κ1) is 18.7. The minimum Gasteiger partial charge on any atom is -0.478 e. The Kier molecular flexibility index (Phi) is 6.64. The van der Waals surface area contributed by atoms with Gasteiger partial charge in [0.05, 0.1) is 17.5 Å². The highest BCUT2D eigenvalue weighted by Crippen LogP contribution is 2.30. The molecule has 0 fully saturated rings. The molecule has 1 aromatic carbocycles. The van der Waals surface area contributed by atoms with Crippen LogP contribution in [0.3, 0.4) is 0 Å². The average Bonchev–Trinajstić information content (AvgIpc) is 2.39. The van der Waals surface area contributed by atoms with Gasteiger partial charge >= 0.3 is 5.97 Å². The third kappa shape index (κ3) is 4.59. The van der Waals surface area contributed by atoms with Crippen LogP contribution in [-0.4, -0.2) is 44.9 Å². The van der Waals surface area contributed by atoms with E-state index in [0.717, 1.165) is 22.6 Å². The molecule has 0 radical (unpaired) electrons. The molecule has 22 heavy (non-hydrogen) atoms. The average molecular weight is 351 g/mol. The summed E-state index contributed by atoms with van der Waals surface area (Å²) in [5.41, 5.74) is 0.0437. The number of nitrogens with zero attached hydrogens (tertiary/aromatic N) is 1. The van der Waals surface area contributed by atoms with E-state index in [9.17, 15) is 22.7 Å². The van der Waals surface area contributed by atoms with E-state index < -0.39 is 22.4 Å². The van der Waals surface area contributed by atoms with Crippen molar-refractivity contribution in [3.63, 3.8) is 0 Å². The highest BCUT2D eigenvalue weighted by Gasteiger charge is 2.26. The largest absolute Gasteiger partial charge is 0.478 e. The topological polar surface area (TPSA) is 83.9 Å². The van der Waals surface area contributed by atoms with Gasteiger partial charge in [0, 0.05) is 19.2 Å². The van der Waals surface area contributed by atoms with Crippen LogP contribution in [0.15, 0.2) is 18.2 Å². The van der Waals surface area contributed by atoms with Gasteiger partial charge in [-0.25, -0.2) is 17.6 Å². The monoisotopic (exact) mass is 351 g/mol. The molecule has 0 aliphatic carbocycles. The predicted octanol–water partition coefficient (Wildman–Crippen LogP) is 2.30. The van der Waals surface area contributed by atoms with Gasteiger partial charge in [0.25, 0.3) is 0 Å². The molecule has 0 aliphatic heterocycles. The van der Waals surface area contributed by atoms with Crippen LogP contribution < -0.4 is 4.31 Å². The summed E-state index contributed by atoms with van der Waals surface area (Å²) in [4.78, 5) is 11.4. The van der Waals surface area contributed by atoms with E-state index in [1.165, 1.54) is 18.2 Å². The van der Waals surface area contributed by atoms with Crippen LogP contribution in [0.1, 0.15) is 22.8 Å². The van der Waals surface area contributed by atoms with Crippen molar-refractivity contribution in [2.24, 2.45) is 0 Å². The molecular weight excluding hydrogens is 333 g/mol. The number of carboxylic acids is 1. The fourth-order valence-electron chi connectivity index (χ4n) is 2.09. The van der Waals surface area contributed by atoms with Crippen molar-refractivity contribution in [2.45, 2.75) is 19.7 Å². The number of alkyl halides is 1. The molecule has 1 aromatic rings. The highest BCUT2D eigenvalue weighted by molar-refractivity contribution is 7.93. The van der Waals surface area contributed by atoms with Crippen LogP contribution in [0.5, 0.6) is 0 Å². The lowest BCUT2D eigenvalue weighted by Crippen LogP contribution is -2.32. The maximum Gasteiger partial charge on any atom is 0.337 e. The fourth-order valence-corrected chi connectivity index (χ4v) is 3.39. The van der Waals surface area contributed by atoms with Gasteiger partial charge in [-0.2, -0.15) is 0 Å². The number of halogens is 1. The Morgan fingerprint density at radius 2 is 2.14 bits per heavy atom. The molecule has 6 nitrogen and oxygen atoms in total. The standard InChI is InChI=1S/C13H18FNO5S2/c1-4-15(22(3,18)19)12-9(8-11(14)20-21-2)6-5-7-10(12)13(16)17/h5-7,11H,4,8H2,1-3H3,(H,16,17). The molecule has 124 valence electrons. The zero-order valence-electron chi connectivity index (χ0n) is 12.4. The summed E-state index contributed by atoms with van der Waals surface area (Å²) in [6, 6.07) is 4.23. The van der Waals surface area contributed by atoms with Crippen molar-refractivity contribution in [1.82, 2.24) is 0 Å². The summed E-state index contributed by atoms with van der Waals surface area (Å²) in [6.07, 6.45) is 0.611. The van der Waals surface area contributed by atoms with Gasteiger partial charge in [-0.05, 0) is 30.6 Å². The lowest BCUT2D eigenvalue weighted by atomic mass is 10.0. The number of aromatic carboxylic acids is 1. The molecule has 0 saturated carbocycles. The molecule has 0 aliphatic rings. The quantitative estimate of drug-likeness (QED) is 0.724. The van der Waals surface area contributed by atoms with Crippen molar-refractivity contribution in [3.05, 3.63) is 29.3 Å². The Bertz CT molecular complexity index is 635. The predicted molar refractivity (Wildman–Crippen MR) is 84.5 cm³/mol. The number of carbonyl (C=O) groups is 1. The van der Waals surface area contributed by atoms with Crippen LogP contribution in [0, 0.1) is 0 Å². The molecule has 1 N–H and O–H groups in total. The molecule has 0 saturated heterocycles. The summed E-state index contributed by atoms with van der Waals surface area (Å²) in [5.74, 6) is -1.28. The molecule has 0 heterocycles. The minimum absolute atomic E-state index is 0.0210. The number of hydrogen-bond donors (Lipinski definition) is 1. The van der Waals surface area contributed by atoms with Crippen molar-refractivity contribution < 1.29 is 26.9 Å². The number of para-hydroxylation sites is 1. The summed E-state index contributed by atoms with van der Waals surface area (Å²) in [5, 5.41) is 9.29. The Balaban J connectivity index is 3.45. The van der Waals surface area contributed by atoms with Crippen LogP contribution in [0.4, 0.5) is 10.1 Å². The maximum absolute atomic E-state index is 13.7. The Morgan fingerprint density at radius 3 is 2.59 bits per heavy atom. The van der Waals surface area contributed by atoms with E-state index in [-0.39, 0.29) is 29.8 Å². The maximum atomic E-state index is 13.7. The summed E-state index contributed by atoms with van der Waals surface area (Å²) >= 11 is 0.842. The number of rotatable bonds is 8. The normalized spacial score (nSPS) is 12.9. The van der Waals surface area contributed by atoms with Gasteiger partial charge < -0.3 is 5.11 Å². The molecule has 1 unspecified atom stereocenters. The number of hydrogen-bond acceptors (Lipinski definition) is 5. The molecule has 1 atom stereocenters. The van der Waals surface area contributed by atoms with Gasteiger partial charge in [-0.1, -0.05) is 12.1 Å². The van der Waals surface area contributed by atoms with Crippen LogP contribution in [0.2, 0.25) is 0 Å². The summed E-state index contributed by atoms with van der Waals surface area (Å²) in [6.45, 7) is 1.62.